The molecule has 0 radical (unpaired) electrons. The van der Waals surface area contributed by atoms with Gasteiger partial charge in [0.25, 0.3) is 10.0 Å². The van der Waals surface area contributed by atoms with Crippen LogP contribution >= 0.6 is 0 Å². The Hall–Kier alpha value is -2.98. The third-order valence-corrected chi connectivity index (χ3v) is 4.94. The van der Waals surface area contributed by atoms with Gasteiger partial charge in [-0.1, -0.05) is 6.07 Å². The van der Waals surface area contributed by atoms with Gasteiger partial charge in [-0.2, -0.15) is 5.26 Å². The van der Waals surface area contributed by atoms with Crippen molar-refractivity contribution in [1.29, 1.82) is 5.26 Å². The maximum Gasteiger partial charge on any atom is 0.261 e. The number of nitrogens with zero attached hydrogens (tertiary/aromatic N) is 1. The van der Waals surface area contributed by atoms with Gasteiger partial charge in [0.1, 0.15) is 11.8 Å². The summed E-state index contributed by atoms with van der Waals surface area (Å²) in [5, 5.41) is 19.1. The molecule has 0 saturated carbocycles. The van der Waals surface area contributed by atoms with E-state index in [1.165, 1.54) is 24.3 Å². The van der Waals surface area contributed by atoms with E-state index in [0.29, 0.717) is 22.2 Å². The number of aromatic amines is 1. The van der Waals surface area contributed by atoms with Crippen LogP contribution in [0.2, 0.25) is 0 Å². The summed E-state index contributed by atoms with van der Waals surface area (Å²) in [4.78, 5) is 2.98. The van der Waals surface area contributed by atoms with Gasteiger partial charge in [-0.3, -0.25) is 4.72 Å². The van der Waals surface area contributed by atoms with E-state index in [4.69, 9.17) is 5.26 Å². The second-order valence-corrected chi connectivity index (χ2v) is 6.78. The number of aromatic nitrogens is 1. The number of H-pyrrole nitrogens is 1. The summed E-state index contributed by atoms with van der Waals surface area (Å²) in [5.41, 5.74) is 2.26. The Morgan fingerprint density at radius 1 is 1.17 bits per heavy atom. The number of hydrogen-bond donors (Lipinski definition) is 3. The number of phenolic OH excluding ortho intramolecular Hbond substituents is 1. The van der Waals surface area contributed by atoms with Gasteiger partial charge in [-0.15, -0.1) is 0 Å². The number of phenols is 1. The van der Waals surface area contributed by atoms with E-state index in [9.17, 15) is 13.5 Å². The lowest BCUT2D eigenvalue weighted by atomic mass is 10.1. The maximum atomic E-state index is 12.4. The predicted octanol–water partition coefficient (Wildman–Crippen LogP) is 2.85. The molecule has 116 valence electrons. The lowest BCUT2D eigenvalue weighted by Gasteiger charge is -2.10. The quantitative estimate of drug-likeness (QED) is 0.687. The average molecular weight is 327 g/mol. The highest BCUT2D eigenvalue weighted by atomic mass is 32.2. The molecule has 0 fully saturated rings. The number of benzene rings is 2. The number of sulfonamides is 1. The number of anilines is 1. The normalized spacial score (nSPS) is 11.3. The minimum Gasteiger partial charge on any atom is -0.508 e. The molecule has 0 atom stereocenters. The molecule has 0 saturated heterocycles. The van der Waals surface area contributed by atoms with Crippen LogP contribution in [0, 0.1) is 18.3 Å². The first kappa shape index (κ1) is 14.9. The van der Waals surface area contributed by atoms with Crippen LogP contribution in [0.15, 0.2) is 47.5 Å². The number of hydrogen-bond acceptors (Lipinski definition) is 4. The highest BCUT2D eigenvalue weighted by molar-refractivity contribution is 7.92. The zero-order valence-corrected chi connectivity index (χ0v) is 13.0. The molecule has 3 N–H and O–H groups in total. The second-order valence-electron chi connectivity index (χ2n) is 5.09. The summed E-state index contributed by atoms with van der Waals surface area (Å²) in [5.74, 6) is -0.00953. The minimum atomic E-state index is -3.80. The Labute approximate surface area is 133 Å². The molecule has 3 aromatic rings. The van der Waals surface area contributed by atoms with Crippen LogP contribution in [0.25, 0.3) is 10.9 Å². The number of nitrogens with one attached hydrogen (secondary N) is 2. The Morgan fingerprint density at radius 2 is 1.87 bits per heavy atom. The fourth-order valence-corrected chi connectivity index (χ4v) is 3.49. The van der Waals surface area contributed by atoms with Gasteiger partial charge >= 0.3 is 0 Å². The van der Waals surface area contributed by atoms with Crippen LogP contribution in [0.5, 0.6) is 5.75 Å². The molecule has 0 aliphatic rings. The second kappa shape index (κ2) is 5.34. The van der Waals surface area contributed by atoms with E-state index in [2.05, 4.69) is 15.8 Å². The summed E-state index contributed by atoms with van der Waals surface area (Å²) in [6, 6.07) is 10.7. The highest BCUT2D eigenvalue weighted by Crippen LogP contribution is 2.30. The topological polar surface area (TPSA) is 106 Å². The molecule has 6 nitrogen and oxygen atoms in total. The summed E-state index contributed by atoms with van der Waals surface area (Å²) >= 11 is 0. The zero-order chi connectivity index (χ0) is 16.6. The Balaban J connectivity index is 2.08. The van der Waals surface area contributed by atoms with E-state index in [0.717, 1.165) is 5.56 Å². The van der Waals surface area contributed by atoms with Crippen molar-refractivity contribution in [3.63, 3.8) is 0 Å². The van der Waals surface area contributed by atoms with E-state index in [-0.39, 0.29) is 10.6 Å². The van der Waals surface area contributed by atoms with Crippen molar-refractivity contribution in [2.45, 2.75) is 11.8 Å². The standard InChI is InChI=1S/C16H13N3O3S/c1-10-2-7-14(16-15(10)11(8-17)9-18-16)19-23(21,22)13-5-3-12(20)4-6-13/h2-7,9,18-20H,1H3. The predicted molar refractivity (Wildman–Crippen MR) is 86.7 cm³/mol. The Bertz CT molecular complexity index is 1030. The van der Waals surface area contributed by atoms with Gasteiger partial charge in [0.05, 0.1) is 21.7 Å². The summed E-state index contributed by atoms with van der Waals surface area (Å²) < 4.78 is 27.4. The van der Waals surface area contributed by atoms with Crippen molar-refractivity contribution in [1.82, 2.24) is 4.98 Å². The van der Waals surface area contributed by atoms with Crippen LogP contribution in [0.1, 0.15) is 11.1 Å². The molecule has 23 heavy (non-hydrogen) atoms. The zero-order valence-electron chi connectivity index (χ0n) is 12.2. The molecule has 0 amide bonds. The Morgan fingerprint density at radius 3 is 2.52 bits per heavy atom. The van der Waals surface area contributed by atoms with E-state index >= 15 is 0 Å². The lowest BCUT2D eigenvalue weighted by molar-refractivity contribution is 0.475. The van der Waals surface area contributed by atoms with Gasteiger partial charge < -0.3 is 10.1 Å². The first-order chi connectivity index (χ1) is 10.9. The van der Waals surface area contributed by atoms with Crippen LogP contribution in [-0.2, 0) is 10.0 Å². The number of aryl methyl sites for hydroxylation is 1. The van der Waals surface area contributed by atoms with E-state index in [1.54, 1.807) is 18.3 Å². The smallest absolute Gasteiger partial charge is 0.261 e. The van der Waals surface area contributed by atoms with Gasteiger partial charge in [0.2, 0.25) is 0 Å². The van der Waals surface area contributed by atoms with Crippen molar-refractivity contribution < 1.29 is 13.5 Å². The number of nitriles is 1. The first-order valence-corrected chi connectivity index (χ1v) is 8.23. The first-order valence-electron chi connectivity index (χ1n) is 6.75. The van der Waals surface area contributed by atoms with Crippen LogP contribution < -0.4 is 4.72 Å². The molecular formula is C16H13N3O3S. The van der Waals surface area contributed by atoms with E-state index < -0.39 is 10.0 Å². The highest BCUT2D eigenvalue weighted by Gasteiger charge is 2.17. The molecule has 3 rings (SSSR count). The SMILES string of the molecule is Cc1ccc(NS(=O)(=O)c2ccc(O)cc2)c2[nH]cc(C#N)c12. The monoisotopic (exact) mass is 327 g/mol. The molecule has 1 heterocycles. The number of rotatable bonds is 3. The number of aromatic hydroxyl groups is 1. The molecule has 0 bridgehead atoms. The van der Waals surface area contributed by atoms with Crippen molar-refractivity contribution in [2.75, 3.05) is 4.72 Å². The third-order valence-electron chi connectivity index (χ3n) is 3.56. The summed E-state index contributed by atoms with van der Waals surface area (Å²) in [6.07, 6.45) is 1.55. The van der Waals surface area contributed by atoms with E-state index in [1.807, 2.05) is 6.92 Å². The van der Waals surface area contributed by atoms with Crippen LogP contribution in [0.3, 0.4) is 0 Å². The maximum absolute atomic E-state index is 12.4. The molecule has 0 aliphatic heterocycles. The fourth-order valence-electron chi connectivity index (χ4n) is 2.42. The molecule has 7 heteroatoms. The molecule has 2 aromatic carbocycles. The molecule has 0 unspecified atom stereocenters. The van der Waals surface area contributed by atoms with Crippen molar-refractivity contribution >= 4 is 26.6 Å². The summed E-state index contributed by atoms with van der Waals surface area (Å²) in [6.45, 7) is 1.86. The van der Waals surface area contributed by atoms with Gasteiger partial charge in [-0.05, 0) is 42.8 Å². The third kappa shape index (κ3) is 2.60. The fraction of sp³-hybridized carbons (Fsp3) is 0.0625. The van der Waals surface area contributed by atoms with Crippen LogP contribution in [-0.4, -0.2) is 18.5 Å². The van der Waals surface area contributed by atoms with Crippen molar-refractivity contribution in [2.24, 2.45) is 0 Å². The molecular weight excluding hydrogens is 314 g/mol. The Kier molecular flexibility index (Phi) is 3.47. The molecule has 0 aliphatic carbocycles. The van der Waals surface area contributed by atoms with Gasteiger partial charge in [-0.25, -0.2) is 8.42 Å². The van der Waals surface area contributed by atoms with Gasteiger partial charge in [0, 0.05) is 11.6 Å². The van der Waals surface area contributed by atoms with Crippen molar-refractivity contribution in [3.8, 4) is 11.8 Å². The van der Waals surface area contributed by atoms with Crippen LogP contribution in [0.4, 0.5) is 5.69 Å². The minimum absolute atomic E-state index is 0.00953. The molecule has 0 spiro atoms. The molecule has 1 aromatic heterocycles. The largest absolute Gasteiger partial charge is 0.508 e. The summed E-state index contributed by atoms with van der Waals surface area (Å²) in [7, 11) is -3.80. The number of fused-ring (bicyclic) bond motifs is 1. The van der Waals surface area contributed by atoms with Crippen molar-refractivity contribution in [3.05, 3.63) is 53.7 Å². The lowest BCUT2D eigenvalue weighted by Crippen LogP contribution is -2.13. The van der Waals surface area contributed by atoms with Gasteiger partial charge in [0.15, 0.2) is 0 Å². The average Bonchev–Trinajstić information content (AvgIpc) is 2.95.